The highest BCUT2D eigenvalue weighted by molar-refractivity contribution is 6.31. The molecule has 1 heterocycles. The van der Waals surface area contributed by atoms with Crippen LogP contribution in [-0.4, -0.2) is 42.9 Å². The third-order valence-corrected chi connectivity index (χ3v) is 3.47. The lowest BCUT2D eigenvalue weighted by Crippen LogP contribution is -2.38. The molecule has 0 saturated carbocycles. The zero-order chi connectivity index (χ0) is 12.3. The lowest BCUT2D eigenvalue weighted by molar-refractivity contribution is 0.0346. The second-order valence-electron chi connectivity index (χ2n) is 4.47. The molecule has 1 atom stereocenters. The Morgan fingerprint density at radius 1 is 1.53 bits per heavy atom. The normalized spacial score (nSPS) is 17.8. The molecule has 1 aromatic carbocycles. The van der Waals surface area contributed by atoms with Crippen molar-refractivity contribution in [3.8, 4) is 0 Å². The topological polar surface area (TPSA) is 32.7 Å². The summed E-state index contributed by atoms with van der Waals surface area (Å²) in [5, 5.41) is 10.6. The van der Waals surface area contributed by atoms with Gasteiger partial charge in [0.25, 0.3) is 0 Å². The van der Waals surface area contributed by atoms with E-state index in [1.165, 1.54) is 11.1 Å². The number of rotatable bonds is 4. The molecule has 0 spiro atoms. The van der Waals surface area contributed by atoms with Gasteiger partial charge in [-0.15, -0.1) is 0 Å². The van der Waals surface area contributed by atoms with Crippen molar-refractivity contribution in [3.05, 3.63) is 34.3 Å². The molecule has 1 aliphatic rings. The zero-order valence-electron chi connectivity index (χ0n) is 10.0. The predicted molar refractivity (Wildman–Crippen MR) is 68.3 cm³/mol. The minimum Gasteiger partial charge on any atom is -0.389 e. The summed E-state index contributed by atoms with van der Waals surface area (Å²) in [5.74, 6) is 0. The molecule has 94 valence electrons. The summed E-state index contributed by atoms with van der Waals surface area (Å²) in [6.07, 6.45) is 0.537. The molecule has 0 radical (unpaired) electrons. The van der Waals surface area contributed by atoms with Crippen LogP contribution in [0.2, 0.25) is 5.02 Å². The fraction of sp³-hybridized carbons (Fsp3) is 0.538. The number of hydrogen-bond donors (Lipinski definition) is 1. The number of benzene rings is 1. The summed E-state index contributed by atoms with van der Waals surface area (Å²) in [4.78, 5) is 2.24. The minimum atomic E-state index is -0.416. The molecule has 0 fully saturated rings. The van der Waals surface area contributed by atoms with E-state index in [1.807, 2.05) is 12.1 Å². The van der Waals surface area contributed by atoms with Crippen LogP contribution in [0.4, 0.5) is 0 Å². The van der Waals surface area contributed by atoms with Crippen molar-refractivity contribution in [2.75, 3.05) is 26.8 Å². The van der Waals surface area contributed by atoms with Gasteiger partial charge in [0.15, 0.2) is 0 Å². The molecule has 0 saturated heterocycles. The Bertz CT molecular complexity index is 384. The monoisotopic (exact) mass is 255 g/mol. The first-order valence-corrected chi connectivity index (χ1v) is 6.24. The molecule has 1 aliphatic heterocycles. The predicted octanol–water partition coefficient (Wildman–Crippen LogP) is 1.71. The highest BCUT2D eigenvalue weighted by atomic mass is 35.5. The maximum absolute atomic E-state index is 9.71. The van der Waals surface area contributed by atoms with Crippen molar-refractivity contribution in [1.29, 1.82) is 0 Å². The van der Waals surface area contributed by atoms with Crippen LogP contribution in [0, 0.1) is 0 Å². The molecule has 0 aliphatic carbocycles. The molecule has 0 amide bonds. The number of fused-ring (bicyclic) bond motifs is 1. The van der Waals surface area contributed by atoms with Gasteiger partial charge in [-0.05, 0) is 23.6 Å². The molecule has 0 aromatic heterocycles. The molecular weight excluding hydrogens is 238 g/mol. The standard InChI is InChI=1S/C13H18ClNO2/c1-17-9-11(16)8-15-6-5-12-10(7-15)3-2-4-13(12)14/h2-4,11,16H,5-9H2,1H3/t11-/m1/s1. The first kappa shape index (κ1) is 12.8. The van der Waals surface area contributed by atoms with Crippen LogP contribution >= 0.6 is 11.6 Å². The smallest absolute Gasteiger partial charge is 0.0900 e. The highest BCUT2D eigenvalue weighted by Gasteiger charge is 2.19. The number of β-amino-alcohol motifs (C(OH)–C–C–N with tert-alkyl or cyclic N) is 1. The van der Waals surface area contributed by atoms with Crippen LogP contribution in [-0.2, 0) is 17.7 Å². The summed E-state index contributed by atoms with van der Waals surface area (Å²) >= 11 is 6.16. The van der Waals surface area contributed by atoms with E-state index in [0.29, 0.717) is 13.2 Å². The fourth-order valence-corrected chi connectivity index (χ4v) is 2.61. The first-order valence-electron chi connectivity index (χ1n) is 5.86. The Hall–Kier alpha value is -0.610. The van der Waals surface area contributed by atoms with Crippen molar-refractivity contribution in [2.24, 2.45) is 0 Å². The summed E-state index contributed by atoms with van der Waals surface area (Å²) < 4.78 is 4.94. The van der Waals surface area contributed by atoms with Crippen molar-refractivity contribution < 1.29 is 9.84 Å². The molecule has 17 heavy (non-hydrogen) atoms. The molecule has 4 heteroatoms. The SMILES string of the molecule is COC[C@H](O)CN1CCc2c(Cl)cccc2C1. The zero-order valence-corrected chi connectivity index (χ0v) is 10.8. The van der Waals surface area contributed by atoms with Crippen LogP contribution in [0.3, 0.4) is 0 Å². The number of aliphatic hydroxyl groups is 1. The first-order chi connectivity index (χ1) is 8.20. The van der Waals surface area contributed by atoms with Crippen molar-refractivity contribution in [1.82, 2.24) is 4.90 Å². The summed E-state index contributed by atoms with van der Waals surface area (Å²) in [7, 11) is 1.61. The third-order valence-electron chi connectivity index (χ3n) is 3.12. The largest absolute Gasteiger partial charge is 0.389 e. The lowest BCUT2D eigenvalue weighted by atomic mass is 9.99. The minimum absolute atomic E-state index is 0.388. The third kappa shape index (κ3) is 3.19. The maximum Gasteiger partial charge on any atom is 0.0900 e. The average molecular weight is 256 g/mol. The van der Waals surface area contributed by atoms with Crippen molar-refractivity contribution >= 4 is 11.6 Å². The van der Waals surface area contributed by atoms with Gasteiger partial charge >= 0.3 is 0 Å². The van der Waals surface area contributed by atoms with Crippen LogP contribution in [0.15, 0.2) is 18.2 Å². The second-order valence-corrected chi connectivity index (χ2v) is 4.88. The van der Waals surface area contributed by atoms with E-state index < -0.39 is 6.10 Å². The second kappa shape index (κ2) is 5.83. The number of methoxy groups -OCH3 is 1. The summed E-state index contributed by atoms with van der Waals surface area (Å²) in [5.41, 5.74) is 2.53. The molecule has 1 aromatic rings. The molecule has 3 nitrogen and oxygen atoms in total. The van der Waals surface area contributed by atoms with Crippen LogP contribution < -0.4 is 0 Å². The van der Waals surface area contributed by atoms with Gasteiger partial charge in [0.2, 0.25) is 0 Å². The molecule has 2 rings (SSSR count). The Labute approximate surface area is 107 Å². The van der Waals surface area contributed by atoms with Gasteiger partial charge < -0.3 is 9.84 Å². The number of ether oxygens (including phenoxy) is 1. The van der Waals surface area contributed by atoms with E-state index >= 15 is 0 Å². The average Bonchev–Trinajstić information content (AvgIpc) is 2.29. The Kier molecular flexibility index (Phi) is 4.40. The van der Waals surface area contributed by atoms with Gasteiger partial charge in [-0.2, -0.15) is 0 Å². The van der Waals surface area contributed by atoms with Crippen LogP contribution in [0.5, 0.6) is 0 Å². The Morgan fingerprint density at radius 3 is 3.12 bits per heavy atom. The van der Waals surface area contributed by atoms with E-state index in [4.69, 9.17) is 16.3 Å². The van der Waals surface area contributed by atoms with E-state index in [9.17, 15) is 5.11 Å². The van der Waals surface area contributed by atoms with Gasteiger partial charge in [0, 0.05) is 31.8 Å². The van der Waals surface area contributed by atoms with E-state index in [2.05, 4.69) is 11.0 Å². The summed E-state index contributed by atoms with van der Waals surface area (Å²) in [6, 6.07) is 6.03. The highest BCUT2D eigenvalue weighted by Crippen LogP contribution is 2.25. The van der Waals surface area contributed by atoms with E-state index in [-0.39, 0.29) is 0 Å². The molecule has 0 bridgehead atoms. The Morgan fingerprint density at radius 2 is 2.35 bits per heavy atom. The van der Waals surface area contributed by atoms with Gasteiger partial charge in [0.05, 0.1) is 12.7 Å². The molecule has 1 N–H and O–H groups in total. The fourth-order valence-electron chi connectivity index (χ4n) is 2.32. The summed E-state index contributed by atoms with van der Waals surface area (Å²) in [6.45, 7) is 2.84. The molecular formula is C13H18ClNO2. The van der Waals surface area contributed by atoms with Crippen LogP contribution in [0.1, 0.15) is 11.1 Å². The van der Waals surface area contributed by atoms with E-state index in [1.54, 1.807) is 7.11 Å². The maximum atomic E-state index is 9.71. The lowest BCUT2D eigenvalue weighted by Gasteiger charge is -2.30. The number of nitrogens with zero attached hydrogens (tertiary/aromatic N) is 1. The van der Waals surface area contributed by atoms with Gasteiger partial charge in [-0.25, -0.2) is 0 Å². The van der Waals surface area contributed by atoms with Gasteiger partial charge in [-0.3, -0.25) is 4.90 Å². The van der Waals surface area contributed by atoms with Crippen LogP contribution in [0.25, 0.3) is 0 Å². The Balaban J connectivity index is 1.99. The molecule has 0 unspecified atom stereocenters. The number of aliphatic hydroxyl groups excluding tert-OH is 1. The van der Waals surface area contributed by atoms with Crippen molar-refractivity contribution in [3.63, 3.8) is 0 Å². The van der Waals surface area contributed by atoms with Gasteiger partial charge in [0.1, 0.15) is 0 Å². The van der Waals surface area contributed by atoms with Crippen molar-refractivity contribution in [2.45, 2.75) is 19.1 Å². The quantitative estimate of drug-likeness (QED) is 0.889. The number of hydrogen-bond acceptors (Lipinski definition) is 3. The number of halogens is 1. The van der Waals surface area contributed by atoms with Gasteiger partial charge in [-0.1, -0.05) is 23.7 Å². The van der Waals surface area contributed by atoms with E-state index in [0.717, 1.165) is 24.5 Å².